The first-order valence-corrected chi connectivity index (χ1v) is 7.01. The molecule has 0 unspecified atom stereocenters. The molecular formula is C13H16BrNO3. The third kappa shape index (κ3) is 2.48. The Hall–Kier alpha value is -0.780. The first-order valence-electron chi connectivity index (χ1n) is 6.22. The van der Waals surface area contributed by atoms with Crippen LogP contribution in [0.2, 0.25) is 0 Å². The maximum absolute atomic E-state index is 9.23. The van der Waals surface area contributed by atoms with Crippen molar-refractivity contribution in [3.8, 4) is 11.5 Å². The summed E-state index contributed by atoms with van der Waals surface area (Å²) >= 11 is 3.51. The van der Waals surface area contributed by atoms with E-state index in [0.29, 0.717) is 19.3 Å². The molecule has 0 amide bonds. The molecule has 3 rings (SSSR count). The molecule has 1 saturated carbocycles. The summed E-state index contributed by atoms with van der Waals surface area (Å²) in [6.45, 7) is 1.99. The highest BCUT2D eigenvalue weighted by atomic mass is 79.9. The standard InChI is InChI=1S/C13H16BrNO3/c14-11-3-8(7-15-9-5-10(16)6-9)4-12-13(11)18-2-1-17-12/h3-4,9-10,15-16H,1-2,5-7H2. The maximum atomic E-state index is 9.23. The fourth-order valence-electron chi connectivity index (χ4n) is 2.28. The lowest BCUT2D eigenvalue weighted by Gasteiger charge is -2.32. The van der Waals surface area contributed by atoms with Gasteiger partial charge in [-0.05, 0) is 46.5 Å². The normalized spacial score (nSPS) is 25.7. The first-order chi connectivity index (χ1) is 8.72. The molecule has 0 atom stereocenters. The molecule has 4 nitrogen and oxygen atoms in total. The van der Waals surface area contributed by atoms with Gasteiger partial charge in [-0.3, -0.25) is 0 Å². The second-order valence-corrected chi connectivity index (χ2v) is 5.66. The van der Waals surface area contributed by atoms with Crippen molar-refractivity contribution >= 4 is 15.9 Å². The van der Waals surface area contributed by atoms with Crippen LogP contribution in [0.5, 0.6) is 11.5 Å². The lowest BCUT2D eigenvalue weighted by Crippen LogP contribution is -2.43. The number of rotatable bonds is 3. The van der Waals surface area contributed by atoms with Crippen LogP contribution in [0.4, 0.5) is 0 Å². The van der Waals surface area contributed by atoms with Gasteiger partial charge >= 0.3 is 0 Å². The average Bonchev–Trinajstić information content (AvgIpc) is 2.33. The molecule has 0 bridgehead atoms. The van der Waals surface area contributed by atoms with Crippen LogP contribution in [0.25, 0.3) is 0 Å². The molecule has 1 aromatic carbocycles. The summed E-state index contributed by atoms with van der Waals surface area (Å²) in [7, 11) is 0. The zero-order valence-electron chi connectivity index (χ0n) is 9.99. The van der Waals surface area contributed by atoms with Crippen molar-refractivity contribution < 1.29 is 14.6 Å². The Bertz CT molecular complexity index is 446. The zero-order chi connectivity index (χ0) is 12.5. The minimum atomic E-state index is -0.116. The number of hydrogen-bond acceptors (Lipinski definition) is 4. The molecule has 0 radical (unpaired) electrons. The second-order valence-electron chi connectivity index (χ2n) is 4.80. The molecule has 1 aromatic rings. The van der Waals surface area contributed by atoms with Gasteiger partial charge in [-0.25, -0.2) is 0 Å². The van der Waals surface area contributed by atoms with E-state index in [9.17, 15) is 5.11 Å². The summed E-state index contributed by atoms with van der Waals surface area (Å²) < 4.78 is 12.1. The third-order valence-corrected chi connectivity index (χ3v) is 3.95. The van der Waals surface area contributed by atoms with E-state index in [1.807, 2.05) is 6.07 Å². The van der Waals surface area contributed by atoms with Gasteiger partial charge in [0, 0.05) is 12.6 Å². The van der Waals surface area contributed by atoms with Gasteiger partial charge in [0.1, 0.15) is 13.2 Å². The molecule has 0 spiro atoms. The number of halogens is 1. The lowest BCUT2D eigenvalue weighted by molar-refractivity contribution is 0.0619. The van der Waals surface area contributed by atoms with E-state index in [1.165, 1.54) is 0 Å². The molecule has 1 fully saturated rings. The van der Waals surface area contributed by atoms with Gasteiger partial charge < -0.3 is 19.9 Å². The van der Waals surface area contributed by atoms with Gasteiger partial charge in [-0.15, -0.1) is 0 Å². The van der Waals surface area contributed by atoms with Crippen molar-refractivity contribution in [3.05, 3.63) is 22.2 Å². The smallest absolute Gasteiger partial charge is 0.175 e. The van der Waals surface area contributed by atoms with Crippen LogP contribution in [0.15, 0.2) is 16.6 Å². The van der Waals surface area contributed by atoms with Gasteiger partial charge in [0.2, 0.25) is 0 Å². The Labute approximate surface area is 114 Å². The number of ether oxygens (including phenoxy) is 2. The Kier molecular flexibility index (Phi) is 3.46. The largest absolute Gasteiger partial charge is 0.486 e. The number of benzene rings is 1. The summed E-state index contributed by atoms with van der Waals surface area (Å²) in [4.78, 5) is 0. The quantitative estimate of drug-likeness (QED) is 0.894. The summed E-state index contributed by atoms with van der Waals surface area (Å²) in [5.74, 6) is 1.60. The fraction of sp³-hybridized carbons (Fsp3) is 0.538. The molecule has 1 heterocycles. The monoisotopic (exact) mass is 313 g/mol. The molecule has 18 heavy (non-hydrogen) atoms. The minimum absolute atomic E-state index is 0.116. The van der Waals surface area contributed by atoms with Gasteiger partial charge in [0.15, 0.2) is 11.5 Å². The van der Waals surface area contributed by atoms with E-state index in [1.54, 1.807) is 0 Å². The molecule has 2 N–H and O–H groups in total. The van der Waals surface area contributed by atoms with Crippen molar-refractivity contribution in [1.29, 1.82) is 0 Å². The van der Waals surface area contributed by atoms with Crippen molar-refractivity contribution in [3.63, 3.8) is 0 Å². The van der Waals surface area contributed by atoms with E-state index in [0.717, 1.165) is 40.9 Å². The molecule has 0 aromatic heterocycles. The van der Waals surface area contributed by atoms with Gasteiger partial charge in [-0.2, -0.15) is 0 Å². The first kappa shape index (κ1) is 12.3. The van der Waals surface area contributed by atoms with Gasteiger partial charge in [0.25, 0.3) is 0 Å². The highest BCUT2D eigenvalue weighted by Crippen LogP contribution is 2.38. The molecule has 98 valence electrons. The SMILES string of the molecule is OC1CC(NCc2cc(Br)c3c(c2)OCCO3)C1. The van der Waals surface area contributed by atoms with E-state index in [4.69, 9.17) is 9.47 Å². The van der Waals surface area contributed by atoms with Gasteiger partial charge in [-0.1, -0.05) is 0 Å². The number of hydrogen-bond donors (Lipinski definition) is 2. The van der Waals surface area contributed by atoms with E-state index in [-0.39, 0.29) is 6.10 Å². The number of aliphatic hydroxyl groups is 1. The predicted octanol–water partition coefficient (Wildman–Crippen LogP) is 1.83. The molecular weight excluding hydrogens is 298 g/mol. The molecule has 1 aliphatic heterocycles. The molecule has 0 saturated heterocycles. The van der Waals surface area contributed by atoms with Crippen molar-refractivity contribution in [1.82, 2.24) is 5.32 Å². The summed E-state index contributed by atoms with van der Waals surface area (Å²) in [6.07, 6.45) is 1.59. The highest BCUT2D eigenvalue weighted by Gasteiger charge is 2.26. The Balaban J connectivity index is 1.67. The summed E-state index contributed by atoms with van der Waals surface area (Å²) in [5, 5.41) is 12.7. The molecule has 1 aliphatic carbocycles. The van der Waals surface area contributed by atoms with Crippen molar-refractivity contribution in [2.75, 3.05) is 13.2 Å². The van der Waals surface area contributed by atoms with Crippen LogP contribution in [0.3, 0.4) is 0 Å². The van der Waals surface area contributed by atoms with E-state index >= 15 is 0 Å². The zero-order valence-corrected chi connectivity index (χ0v) is 11.6. The topological polar surface area (TPSA) is 50.7 Å². The van der Waals surface area contributed by atoms with E-state index < -0.39 is 0 Å². The van der Waals surface area contributed by atoms with Crippen LogP contribution < -0.4 is 14.8 Å². The fourth-order valence-corrected chi connectivity index (χ4v) is 2.89. The van der Waals surface area contributed by atoms with E-state index in [2.05, 4.69) is 27.3 Å². The number of aliphatic hydroxyl groups excluding tert-OH is 1. The summed E-state index contributed by atoms with van der Waals surface area (Å²) in [6, 6.07) is 4.50. The summed E-state index contributed by atoms with van der Waals surface area (Å²) in [5.41, 5.74) is 1.16. The predicted molar refractivity (Wildman–Crippen MR) is 71.0 cm³/mol. The Morgan fingerprint density at radius 1 is 1.28 bits per heavy atom. The average molecular weight is 314 g/mol. The van der Waals surface area contributed by atoms with Gasteiger partial charge in [0.05, 0.1) is 10.6 Å². The minimum Gasteiger partial charge on any atom is -0.486 e. The maximum Gasteiger partial charge on any atom is 0.175 e. The number of nitrogens with one attached hydrogen (secondary N) is 1. The molecule has 5 heteroatoms. The van der Waals surface area contributed by atoms with Crippen LogP contribution >= 0.6 is 15.9 Å². The van der Waals surface area contributed by atoms with Crippen molar-refractivity contribution in [2.24, 2.45) is 0 Å². The molecule has 2 aliphatic rings. The second kappa shape index (κ2) is 5.07. The van der Waals surface area contributed by atoms with Crippen LogP contribution in [0.1, 0.15) is 18.4 Å². The van der Waals surface area contributed by atoms with Crippen molar-refractivity contribution in [2.45, 2.75) is 31.5 Å². The Morgan fingerprint density at radius 2 is 2.06 bits per heavy atom. The third-order valence-electron chi connectivity index (χ3n) is 3.36. The Morgan fingerprint density at radius 3 is 2.83 bits per heavy atom. The lowest BCUT2D eigenvalue weighted by atomic mass is 9.89. The van der Waals surface area contributed by atoms with Crippen LogP contribution in [-0.2, 0) is 6.54 Å². The number of fused-ring (bicyclic) bond motifs is 1. The van der Waals surface area contributed by atoms with Crippen LogP contribution in [0, 0.1) is 0 Å². The highest BCUT2D eigenvalue weighted by molar-refractivity contribution is 9.10. The van der Waals surface area contributed by atoms with Crippen LogP contribution in [-0.4, -0.2) is 30.5 Å².